The normalized spacial score (nSPS) is 16.0. The highest BCUT2D eigenvalue weighted by molar-refractivity contribution is 8.00. The number of amides is 2. The summed E-state index contributed by atoms with van der Waals surface area (Å²) in [6, 6.07) is 23.8. The first-order chi connectivity index (χ1) is 19.5. The quantitative estimate of drug-likeness (QED) is 0.335. The van der Waals surface area contributed by atoms with Gasteiger partial charge in [0.25, 0.3) is 0 Å². The summed E-state index contributed by atoms with van der Waals surface area (Å²) in [6.45, 7) is 4.66. The second-order valence-corrected chi connectivity index (χ2v) is 10.9. The number of benzene rings is 3. The zero-order valence-electron chi connectivity index (χ0n) is 22.4. The van der Waals surface area contributed by atoms with Gasteiger partial charge in [-0.3, -0.25) is 14.5 Å². The summed E-state index contributed by atoms with van der Waals surface area (Å²) in [7, 11) is 0. The maximum atomic E-state index is 13.8. The Hall–Kier alpha value is -4.24. The second-order valence-electron chi connectivity index (χ2n) is 9.78. The predicted molar refractivity (Wildman–Crippen MR) is 156 cm³/mol. The molecule has 0 bridgehead atoms. The molecule has 1 aromatic heterocycles. The predicted octanol–water partition coefficient (Wildman–Crippen LogP) is 5.27. The van der Waals surface area contributed by atoms with E-state index in [1.807, 2.05) is 91.3 Å². The Morgan fingerprint density at radius 2 is 1.82 bits per heavy atom. The van der Waals surface area contributed by atoms with Gasteiger partial charge < -0.3 is 14.8 Å². The number of carbonyl (C=O) groups excluding carboxylic acids is 2. The van der Waals surface area contributed by atoms with Gasteiger partial charge in [0.15, 0.2) is 11.5 Å². The Balaban J connectivity index is 1.61. The van der Waals surface area contributed by atoms with Gasteiger partial charge in [0.1, 0.15) is 12.4 Å². The van der Waals surface area contributed by atoms with Crippen LogP contribution in [0.3, 0.4) is 0 Å². The molecule has 4 aromatic rings. The highest BCUT2D eigenvalue weighted by Gasteiger charge is 2.38. The summed E-state index contributed by atoms with van der Waals surface area (Å²) in [5.74, 6) is 1.85. The molecule has 2 amide bonds. The highest BCUT2D eigenvalue weighted by atomic mass is 32.2. The Kier molecular flexibility index (Phi) is 7.21. The van der Waals surface area contributed by atoms with Gasteiger partial charge >= 0.3 is 0 Å². The first-order valence-electron chi connectivity index (χ1n) is 13.4. The van der Waals surface area contributed by atoms with Gasteiger partial charge in [0, 0.05) is 17.7 Å². The number of carbonyl (C=O) groups is 2. The molecule has 0 saturated carbocycles. The number of hydrogen-bond acceptors (Lipinski definition) is 6. The van der Waals surface area contributed by atoms with Crippen LogP contribution in [-0.2, 0) is 9.59 Å². The fraction of sp³-hybridized carbons (Fsp3) is 0.258. The van der Waals surface area contributed by atoms with Crippen molar-refractivity contribution < 1.29 is 19.1 Å². The summed E-state index contributed by atoms with van der Waals surface area (Å²) in [5.41, 5.74) is 5.41. The van der Waals surface area contributed by atoms with Crippen molar-refractivity contribution in [3.63, 3.8) is 0 Å². The van der Waals surface area contributed by atoms with Crippen molar-refractivity contribution in [2.45, 2.75) is 25.5 Å². The third kappa shape index (κ3) is 4.81. The first kappa shape index (κ1) is 26.0. The van der Waals surface area contributed by atoms with Gasteiger partial charge in [0.05, 0.1) is 22.4 Å². The van der Waals surface area contributed by atoms with Gasteiger partial charge in [-0.1, -0.05) is 61.5 Å². The molecule has 6 rings (SSSR count). The number of fused-ring (bicyclic) bond motifs is 2. The van der Waals surface area contributed by atoms with Crippen molar-refractivity contribution in [1.29, 1.82) is 0 Å². The Morgan fingerprint density at radius 1 is 1.05 bits per heavy atom. The number of hydrogen-bond donors (Lipinski definition) is 1. The molecule has 40 heavy (non-hydrogen) atoms. The zero-order valence-corrected chi connectivity index (χ0v) is 23.2. The van der Waals surface area contributed by atoms with E-state index in [1.54, 1.807) is 4.90 Å². The fourth-order valence-corrected chi connectivity index (χ4v) is 6.29. The van der Waals surface area contributed by atoms with E-state index in [9.17, 15) is 9.59 Å². The molecule has 204 valence electrons. The molecule has 0 fully saturated rings. The van der Waals surface area contributed by atoms with Crippen molar-refractivity contribution in [2.24, 2.45) is 0 Å². The van der Waals surface area contributed by atoms with E-state index in [1.165, 1.54) is 11.8 Å². The SMILES string of the molecule is CCCNC(=O)CN1C(=O)CS[C@H](c2ccc3c(c2)OCO3)c2c(-c3ccccc3)nn(-c3ccccc3C)c21. The van der Waals surface area contributed by atoms with Crippen molar-refractivity contribution in [3.05, 3.63) is 89.5 Å². The lowest BCUT2D eigenvalue weighted by atomic mass is 9.99. The average Bonchev–Trinajstić information content (AvgIpc) is 3.57. The smallest absolute Gasteiger partial charge is 0.240 e. The van der Waals surface area contributed by atoms with Crippen molar-refractivity contribution in [2.75, 3.05) is 30.5 Å². The number of nitrogens with one attached hydrogen (secondary N) is 1. The highest BCUT2D eigenvalue weighted by Crippen LogP contribution is 2.50. The van der Waals surface area contributed by atoms with Gasteiger partial charge in [-0.15, -0.1) is 11.8 Å². The van der Waals surface area contributed by atoms with E-state index in [-0.39, 0.29) is 36.2 Å². The Labute approximate surface area is 237 Å². The van der Waals surface area contributed by atoms with Crippen LogP contribution in [0.1, 0.15) is 35.3 Å². The lowest BCUT2D eigenvalue weighted by Crippen LogP contribution is -2.42. The van der Waals surface area contributed by atoms with Crippen molar-refractivity contribution in [1.82, 2.24) is 15.1 Å². The molecule has 0 spiro atoms. The fourth-order valence-electron chi connectivity index (χ4n) is 5.10. The monoisotopic (exact) mass is 554 g/mol. The number of aryl methyl sites for hydroxylation is 1. The Bertz CT molecular complexity index is 1570. The van der Waals surface area contributed by atoms with E-state index in [0.717, 1.165) is 40.1 Å². The first-order valence-corrected chi connectivity index (χ1v) is 14.4. The van der Waals surface area contributed by atoms with E-state index in [2.05, 4.69) is 5.32 Å². The molecule has 8 nitrogen and oxygen atoms in total. The van der Waals surface area contributed by atoms with E-state index < -0.39 is 0 Å². The lowest BCUT2D eigenvalue weighted by molar-refractivity contribution is -0.122. The summed E-state index contributed by atoms with van der Waals surface area (Å²) < 4.78 is 13.1. The summed E-state index contributed by atoms with van der Waals surface area (Å²) in [5, 5.41) is 7.85. The number of para-hydroxylation sites is 1. The van der Waals surface area contributed by atoms with Gasteiger partial charge in [0.2, 0.25) is 18.6 Å². The summed E-state index contributed by atoms with van der Waals surface area (Å²) >= 11 is 1.53. The lowest BCUT2D eigenvalue weighted by Gasteiger charge is -2.23. The third-order valence-electron chi connectivity index (χ3n) is 7.05. The van der Waals surface area contributed by atoms with Crippen molar-refractivity contribution in [3.8, 4) is 28.4 Å². The molecule has 2 aliphatic rings. The van der Waals surface area contributed by atoms with E-state index >= 15 is 0 Å². The molecule has 0 radical (unpaired) electrons. The molecule has 1 N–H and O–H groups in total. The number of ether oxygens (including phenoxy) is 2. The van der Waals surface area contributed by atoms with Crippen molar-refractivity contribution >= 4 is 29.4 Å². The van der Waals surface area contributed by atoms with Crippen LogP contribution in [0, 0.1) is 6.92 Å². The maximum Gasteiger partial charge on any atom is 0.240 e. The molecule has 2 aliphatic heterocycles. The van der Waals surface area contributed by atoms with Gasteiger partial charge in [-0.25, -0.2) is 4.68 Å². The standard InChI is InChI=1S/C31H30N4O4S/c1-3-15-32-26(36)17-34-27(37)18-40-30(22-13-14-24-25(16-22)39-19-38-24)28-29(21-10-5-4-6-11-21)33-35(31(28)34)23-12-8-7-9-20(23)2/h4-14,16,30H,3,15,17-19H2,1-2H3,(H,32,36)/t30-/m1/s1. The molecular formula is C31H30N4O4S. The minimum Gasteiger partial charge on any atom is -0.454 e. The number of thioether (sulfide) groups is 1. The molecule has 0 aliphatic carbocycles. The van der Waals surface area contributed by atoms with Crippen LogP contribution in [0.2, 0.25) is 0 Å². The number of rotatable bonds is 7. The molecular weight excluding hydrogens is 524 g/mol. The molecule has 1 atom stereocenters. The molecule has 0 unspecified atom stereocenters. The third-order valence-corrected chi connectivity index (χ3v) is 8.31. The topological polar surface area (TPSA) is 85.7 Å². The number of anilines is 1. The van der Waals surface area contributed by atoms with E-state index in [4.69, 9.17) is 14.6 Å². The van der Waals surface area contributed by atoms with Gasteiger partial charge in [-0.05, 0) is 42.7 Å². The maximum absolute atomic E-state index is 13.8. The molecule has 9 heteroatoms. The molecule has 0 saturated heterocycles. The van der Waals surface area contributed by atoms with Crippen LogP contribution in [0.15, 0.2) is 72.8 Å². The van der Waals surface area contributed by atoms with Crippen LogP contribution in [0.5, 0.6) is 11.5 Å². The minimum absolute atomic E-state index is 0.0912. The number of nitrogens with zero attached hydrogens (tertiary/aromatic N) is 3. The van der Waals surface area contributed by atoms with E-state index in [0.29, 0.717) is 23.9 Å². The molecule has 3 aromatic carbocycles. The minimum atomic E-state index is -0.245. The second kappa shape index (κ2) is 11.1. The zero-order chi connectivity index (χ0) is 27.6. The van der Waals surface area contributed by atoms with Crippen LogP contribution in [0.25, 0.3) is 16.9 Å². The Morgan fingerprint density at radius 3 is 2.62 bits per heavy atom. The summed E-state index contributed by atoms with van der Waals surface area (Å²) in [6.07, 6.45) is 0.812. The molecule has 3 heterocycles. The largest absolute Gasteiger partial charge is 0.454 e. The van der Waals surface area contributed by atoms with Crippen LogP contribution < -0.4 is 19.7 Å². The van der Waals surface area contributed by atoms with Gasteiger partial charge in [-0.2, -0.15) is 5.10 Å². The number of aromatic nitrogens is 2. The average molecular weight is 555 g/mol. The van der Waals surface area contributed by atoms with Crippen LogP contribution in [0.4, 0.5) is 5.82 Å². The summed E-state index contributed by atoms with van der Waals surface area (Å²) in [4.78, 5) is 28.4. The van der Waals surface area contributed by atoms with Crippen LogP contribution >= 0.6 is 11.8 Å². The van der Waals surface area contributed by atoms with Crippen LogP contribution in [-0.4, -0.2) is 47.2 Å².